The van der Waals surface area contributed by atoms with Crippen LogP contribution in [0.3, 0.4) is 0 Å². The van der Waals surface area contributed by atoms with Gasteiger partial charge in [0.15, 0.2) is 5.84 Å². The van der Waals surface area contributed by atoms with E-state index in [1.807, 2.05) is 18.2 Å². The lowest BCUT2D eigenvalue weighted by molar-refractivity contribution is 1.18. The van der Waals surface area contributed by atoms with Crippen LogP contribution in [0.1, 0.15) is 5.56 Å². The maximum Gasteiger partial charge on any atom is 0.153 e. The number of amidine groups is 1. The summed E-state index contributed by atoms with van der Waals surface area (Å²) in [6.07, 6.45) is 0. The Hall–Kier alpha value is -5.74. The molecule has 0 spiro atoms. The van der Waals surface area contributed by atoms with Crippen molar-refractivity contribution < 1.29 is 0 Å². The van der Waals surface area contributed by atoms with Gasteiger partial charge in [-0.2, -0.15) is 0 Å². The van der Waals surface area contributed by atoms with Gasteiger partial charge in [0.05, 0.1) is 11.0 Å². The maximum absolute atomic E-state index is 4.23. The van der Waals surface area contributed by atoms with Gasteiger partial charge < -0.3 is 9.47 Å². The van der Waals surface area contributed by atoms with Gasteiger partial charge in [-0.3, -0.25) is 4.99 Å². The van der Waals surface area contributed by atoms with Gasteiger partial charge in [-0.15, -0.1) is 0 Å². The van der Waals surface area contributed by atoms with Crippen molar-refractivity contribution in [2.45, 2.75) is 0 Å². The highest BCUT2D eigenvalue weighted by atomic mass is 15.1. The number of fused-ring (bicyclic) bond motifs is 3. The Morgan fingerprint density at radius 2 is 1.00 bits per heavy atom. The molecular weight excluding hydrogens is 524 g/mol. The Labute approximate surface area is 251 Å². The van der Waals surface area contributed by atoms with Crippen LogP contribution in [0, 0.1) is 0 Å². The topological polar surface area (TPSA) is 32.9 Å². The van der Waals surface area contributed by atoms with E-state index >= 15 is 0 Å². The summed E-state index contributed by atoms with van der Waals surface area (Å²) < 4.78 is 2.35. The number of rotatable bonds is 6. The van der Waals surface area contributed by atoms with Crippen LogP contribution in [0.5, 0.6) is 0 Å². The van der Waals surface area contributed by atoms with Gasteiger partial charge in [-0.25, -0.2) is 4.99 Å². The number of aromatic nitrogens is 1. The SMILES string of the molecule is C=NC(=NC)c1ccc(N(c2ccccc2)c2ccc(-c3ccc(-n4c5ccccc5c5ccccc54)cc3)cc2)cc1. The van der Waals surface area contributed by atoms with Crippen LogP contribution in [0.25, 0.3) is 38.6 Å². The average Bonchev–Trinajstić information content (AvgIpc) is 3.41. The van der Waals surface area contributed by atoms with E-state index in [0.29, 0.717) is 5.84 Å². The fourth-order valence-corrected chi connectivity index (χ4v) is 5.88. The Balaban J connectivity index is 1.22. The number of aliphatic imine (C=N–C) groups is 2. The minimum Gasteiger partial charge on any atom is -0.311 e. The maximum atomic E-state index is 4.23. The summed E-state index contributed by atoms with van der Waals surface area (Å²) in [6, 6.07) is 53.5. The lowest BCUT2D eigenvalue weighted by Gasteiger charge is -2.26. The first-order valence-corrected chi connectivity index (χ1v) is 14.3. The van der Waals surface area contributed by atoms with Gasteiger partial charge in [0, 0.05) is 46.1 Å². The summed E-state index contributed by atoms with van der Waals surface area (Å²) in [5, 5.41) is 2.54. The number of para-hydroxylation sites is 3. The molecule has 43 heavy (non-hydrogen) atoms. The highest BCUT2D eigenvalue weighted by molar-refractivity contribution is 6.09. The first kappa shape index (κ1) is 26.2. The van der Waals surface area contributed by atoms with Crippen molar-refractivity contribution in [2.24, 2.45) is 9.98 Å². The van der Waals surface area contributed by atoms with Gasteiger partial charge in [-0.1, -0.05) is 78.9 Å². The molecule has 0 saturated carbocycles. The summed E-state index contributed by atoms with van der Waals surface area (Å²) in [7, 11) is 1.73. The fraction of sp³-hybridized carbons (Fsp3) is 0.0256. The Morgan fingerprint density at radius 3 is 1.53 bits per heavy atom. The number of nitrogens with zero attached hydrogens (tertiary/aromatic N) is 4. The summed E-state index contributed by atoms with van der Waals surface area (Å²) in [5.41, 5.74) is 10.1. The van der Waals surface area contributed by atoms with E-state index in [0.717, 1.165) is 28.3 Å². The molecule has 0 unspecified atom stereocenters. The largest absolute Gasteiger partial charge is 0.311 e. The van der Waals surface area contributed by atoms with Crippen LogP contribution >= 0.6 is 0 Å². The zero-order chi connectivity index (χ0) is 29.2. The average molecular weight is 555 g/mol. The van der Waals surface area contributed by atoms with E-state index < -0.39 is 0 Å². The highest BCUT2D eigenvalue weighted by Gasteiger charge is 2.14. The quantitative estimate of drug-likeness (QED) is 0.149. The molecule has 0 amide bonds. The molecule has 0 atom stereocenters. The molecule has 0 N–H and O–H groups in total. The molecule has 0 radical (unpaired) electrons. The Morgan fingerprint density at radius 1 is 0.535 bits per heavy atom. The van der Waals surface area contributed by atoms with Crippen molar-refractivity contribution in [3.8, 4) is 16.8 Å². The minimum absolute atomic E-state index is 0.631. The lowest BCUT2D eigenvalue weighted by atomic mass is 10.0. The first-order chi connectivity index (χ1) is 21.2. The van der Waals surface area contributed by atoms with E-state index in [1.165, 1.54) is 32.9 Å². The second kappa shape index (κ2) is 11.3. The molecule has 4 nitrogen and oxygen atoms in total. The summed E-state index contributed by atoms with van der Waals surface area (Å²) in [6.45, 7) is 3.64. The third kappa shape index (κ3) is 4.79. The molecule has 0 aliphatic carbocycles. The van der Waals surface area contributed by atoms with E-state index in [4.69, 9.17) is 0 Å². The standard InChI is InChI=1S/C39H30N4/c1-40-39(41-2)30-20-26-33(27-21-30)42(31-10-4-3-5-11-31)32-22-16-28(17-23-32)29-18-24-34(25-19-29)43-37-14-8-6-12-35(37)36-13-7-9-15-38(36)43/h3-27H,1H2,2H3. The first-order valence-electron chi connectivity index (χ1n) is 14.3. The molecule has 1 aromatic heterocycles. The second-order valence-electron chi connectivity index (χ2n) is 10.4. The van der Waals surface area contributed by atoms with Crippen LogP contribution < -0.4 is 4.90 Å². The zero-order valence-corrected chi connectivity index (χ0v) is 23.9. The van der Waals surface area contributed by atoms with E-state index in [9.17, 15) is 0 Å². The van der Waals surface area contributed by atoms with Gasteiger partial charge in [0.25, 0.3) is 0 Å². The van der Waals surface area contributed by atoms with Crippen LogP contribution in [-0.2, 0) is 0 Å². The highest BCUT2D eigenvalue weighted by Crippen LogP contribution is 2.36. The monoisotopic (exact) mass is 554 g/mol. The predicted molar refractivity (Wildman–Crippen MR) is 183 cm³/mol. The molecule has 0 aliphatic heterocycles. The zero-order valence-electron chi connectivity index (χ0n) is 23.9. The molecule has 206 valence electrons. The van der Waals surface area contributed by atoms with Crippen molar-refractivity contribution in [1.82, 2.24) is 4.57 Å². The van der Waals surface area contributed by atoms with Crippen LogP contribution in [0.15, 0.2) is 162 Å². The van der Waals surface area contributed by atoms with Crippen LogP contribution in [-0.4, -0.2) is 24.2 Å². The predicted octanol–water partition coefficient (Wildman–Crippen LogP) is 10.00. The second-order valence-corrected chi connectivity index (χ2v) is 10.4. The number of hydrogen-bond donors (Lipinski definition) is 0. The molecule has 7 aromatic rings. The van der Waals surface area contributed by atoms with Crippen molar-refractivity contribution in [1.29, 1.82) is 0 Å². The Bertz CT molecular complexity index is 2020. The lowest BCUT2D eigenvalue weighted by Crippen LogP contribution is -2.10. The van der Waals surface area contributed by atoms with Gasteiger partial charge in [0.2, 0.25) is 0 Å². The molecule has 0 fully saturated rings. The minimum atomic E-state index is 0.631. The molecule has 7 rings (SSSR count). The molecule has 6 aromatic carbocycles. The Kier molecular flexibility index (Phi) is 6.86. The molecule has 0 aliphatic rings. The van der Waals surface area contributed by atoms with Crippen molar-refractivity contribution in [3.63, 3.8) is 0 Å². The van der Waals surface area contributed by atoms with E-state index in [1.54, 1.807) is 7.05 Å². The van der Waals surface area contributed by atoms with Crippen molar-refractivity contribution in [3.05, 3.63) is 157 Å². The van der Waals surface area contributed by atoms with Gasteiger partial charge >= 0.3 is 0 Å². The molecule has 4 heteroatoms. The van der Waals surface area contributed by atoms with Crippen LogP contribution in [0.4, 0.5) is 17.1 Å². The fourth-order valence-electron chi connectivity index (χ4n) is 5.88. The van der Waals surface area contributed by atoms with Gasteiger partial charge in [-0.05, 0) is 90.6 Å². The summed E-state index contributed by atoms with van der Waals surface area (Å²) in [4.78, 5) is 10.5. The molecular formula is C39H30N4. The van der Waals surface area contributed by atoms with Gasteiger partial charge in [0.1, 0.15) is 0 Å². The van der Waals surface area contributed by atoms with Crippen molar-refractivity contribution >= 4 is 51.4 Å². The molecule has 1 heterocycles. The number of anilines is 3. The number of benzene rings is 6. The van der Waals surface area contributed by atoms with Crippen molar-refractivity contribution in [2.75, 3.05) is 11.9 Å². The smallest absolute Gasteiger partial charge is 0.153 e. The normalized spacial score (nSPS) is 11.6. The third-order valence-corrected chi connectivity index (χ3v) is 7.92. The van der Waals surface area contributed by atoms with E-state index in [2.05, 4.69) is 160 Å². The van der Waals surface area contributed by atoms with Crippen LogP contribution in [0.2, 0.25) is 0 Å². The summed E-state index contributed by atoms with van der Waals surface area (Å²) >= 11 is 0. The summed E-state index contributed by atoms with van der Waals surface area (Å²) in [5.74, 6) is 0.631. The molecule has 0 bridgehead atoms. The molecule has 0 saturated heterocycles. The number of hydrogen-bond acceptors (Lipinski definition) is 2. The third-order valence-electron chi connectivity index (χ3n) is 7.92. The van der Waals surface area contributed by atoms with E-state index in [-0.39, 0.29) is 0 Å².